The van der Waals surface area contributed by atoms with Crippen molar-refractivity contribution in [2.24, 2.45) is 5.73 Å². The lowest BCUT2D eigenvalue weighted by Crippen LogP contribution is -3.00. The van der Waals surface area contributed by atoms with Crippen LogP contribution in [0.4, 0.5) is 28.4 Å². The van der Waals surface area contributed by atoms with Gasteiger partial charge in [-0.05, 0) is 161 Å². The molecule has 107 heavy (non-hydrogen) atoms. The lowest BCUT2D eigenvalue weighted by atomic mass is 10.2. The van der Waals surface area contributed by atoms with Gasteiger partial charge >= 0.3 is 5.97 Å². The second-order valence-electron chi connectivity index (χ2n) is 23.1. The van der Waals surface area contributed by atoms with Gasteiger partial charge in [-0.2, -0.15) is 0 Å². The predicted octanol–water partition coefficient (Wildman–Crippen LogP) is 2.87. The minimum Gasteiger partial charge on any atom is -1.00 e. The molecule has 0 aromatic heterocycles. The summed E-state index contributed by atoms with van der Waals surface area (Å²) in [6.07, 6.45) is 0. The largest absolute Gasteiger partial charge is 1.00 e. The molecule has 9 N–H and O–H groups in total. The number of likely N-dealkylation sites (N-methyl/N-ethyl adjacent to an activating group) is 5. The zero-order chi connectivity index (χ0) is 75.9. The van der Waals surface area contributed by atoms with E-state index >= 15 is 0 Å². The highest BCUT2D eigenvalue weighted by Crippen LogP contribution is 2.16. The molecule has 0 heterocycles. The number of non-ortho nitro benzene ring substituents is 4. The summed E-state index contributed by atoms with van der Waals surface area (Å²) >= 11 is 0. The average Bonchev–Trinajstić information content (AvgIpc) is 0.893. The number of nitrogens with zero attached hydrogens (tertiary/aromatic N) is 9. The molecule has 5 aromatic carbocycles. The smallest absolute Gasteiger partial charge is 0.335 e. The minimum atomic E-state index is -1.09. The van der Waals surface area contributed by atoms with Gasteiger partial charge in [0.25, 0.3) is 46.4 Å². The Balaban J connectivity index is -0.000000184. The molecule has 0 aliphatic heterocycles. The van der Waals surface area contributed by atoms with Crippen LogP contribution in [-0.2, 0) is 0 Å². The SMILES string of the molecule is C.C.C.CCN(CC)CCN.CCN(CC)CCNC(=O)c1ccc([N+](=O)[O-])cc1.CC[N+](CC)(CC)CCNC(=O)c1ccc(N)cc1.CC[N+](CC)(CC)CCNC(=O)c1ccc([N+](=O)[O-])cc1.CC[N+](CC)(CC)CCNC(=O)c1ccc([N+](=O)[O-])cc1.Cl.O=C(O)c1ccc([N+](=O)[O-])cc1.[Cl-].[Cl-].[I-]. The van der Waals surface area contributed by atoms with Gasteiger partial charge in [0.2, 0.25) is 0 Å². The number of carbonyl (C=O) groups is 5. The van der Waals surface area contributed by atoms with Gasteiger partial charge in [-0.1, -0.05) is 50.0 Å². The number of carboxylic acids is 1. The Morgan fingerprint density at radius 3 is 0.748 bits per heavy atom. The summed E-state index contributed by atoms with van der Waals surface area (Å²) in [7, 11) is 0. The fraction of sp³-hybridized carbons (Fsp3) is 0.527. The quantitative estimate of drug-likeness (QED) is 0.00996. The topological polar surface area (TPSA) is 385 Å². The lowest BCUT2D eigenvalue weighted by Gasteiger charge is -2.35. The number of rotatable bonds is 36. The molecular formula is C74H127Cl3IN15O14. The fourth-order valence-electron chi connectivity index (χ4n) is 10.2. The van der Waals surface area contributed by atoms with E-state index in [0.29, 0.717) is 54.1 Å². The maximum Gasteiger partial charge on any atom is 0.335 e. The number of carboxylic acid groups (broad SMARTS) is 1. The number of halogens is 4. The van der Waals surface area contributed by atoms with Gasteiger partial charge in [0.15, 0.2) is 0 Å². The molecule has 0 atom stereocenters. The number of nitrogens with one attached hydrogen (secondary N) is 4. The van der Waals surface area contributed by atoms with Gasteiger partial charge in [0.1, 0.15) is 0 Å². The zero-order valence-electron chi connectivity index (χ0n) is 62.8. The molecule has 4 amide bonds. The third-order valence-corrected chi connectivity index (χ3v) is 18.1. The maximum atomic E-state index is 12.0. The number of quaternary nitrogens is 3. The molecule has 29 nitrogen and oxygen atoms in total. The highest BCUT2D eigenvalue weighted by atomic mass is 127. The van der Waals surface area contributed by atoms with Crippen molar-refractivity contribution in [1.29, 1.82) is 0 Å². The van der Waals surface area contributed by atoms with Crippen molar-refractivity contribution in [3.63, 3.8) is 0 Å². The van der Waals surface area contributed by atoms with Gasteiger partial charge in [-0.15, -0.1) is 12.4 Å². The van der Waals surface area contributed by atoms with Crippen molar-refractivity contribution in [2.45, 2.75) is 112 Å². The number of carbonyl (C=O) groups excluding carboxylic acids is 4. The Morgan fingerprint density at radius 2 is 0.570 bits per heavy atom. The Labute approximate surface area is 672 Å². The number of amides is 4. The van der Waals surface area contributed by atoms with Crippen molar-refractivity contribution in [1.82, 2.24) is 31.1 Å². The van der Waals surface area contributed by atoms with Crippen molar-refractivity contribution in [3.05, 3.63) is 190 Å². The molecule has 0 radical (unpaired) electrons. The number of aromatic carboxylic acids is 1. The molecule has 5 rings (SSSR count). The number of anilines is 1. The summed E-state index contributed by atoms with van der Waals surface area (Å²) in [6, 6.07) is 28.6. The summed E-state index contributed by atoms with van der Waals surface area (Å²) in [5, 5.41) is 61.8. The highest BCUT2D eigenvalue weighted by molar-refractivity contribution is 5.96. The number of nitro groups is 4. The van der Waals surface area contributed by atoms with Gasteiger partial charge in [-0.25, -0.2) is 4.79 Å². The molecular weight excluding hydrogens is 1560 g/mol. The van der Waals surface area contributed by atoms with Crippen LogP contribution in [0.2, 0.25) is 0 Å². The van der Waals surface area contributed by atoms with Gasteiger partial charge in [0.05, 0.1) is 123 Å². The van der Waals surface area contributed by atoms with Gasteiger partial charge in [0, 0.05) is 103 Å². The van der Waals surface area contributed by atoms with E-state index in [1.807, 2.05) is 0 Å². The molecule has 0 unspecified atom stereocenters. The van der Waals surface area contributed by atoms with Crippen LogP contribution in [0.3, 0.4) is 0 Å². The molecule has 0 aliphatic carbocycles. The summed E-state index contributed by atoms with van der Waals surface area (Å²) < 4.78 is 2.99. The van der Waals surface area contributed by atoms with E-state index in [4.69, 9.17) is 16.6 Å². The number of nitrogen functional groups attached to an aromatic ring is 1. The van der Waals surface area contributed by atoms with Crippen LogP contribution < -0.4 is 81.5 Å². The van der Waals surface area contributed by atoms with E-state index in [0.717, 1.165) is 150 Å². The lowest BCUT2D eigenvalue weighted by molar-refractivity contribution is -0.922. The normalized spacial score (nSPS) is 10.1. The fourth-order valence-corrected chi connectivity index (χ4v) is 10.2. The molecule has 0 spiro atoms. The minimum absolute atomic E-state index is 0. The predicted molar refractivity (Wildman–Crippen MR) is 422 cm³/mol. The number of hydrogen-bond donors (Lipinski definition) is 7. The van der Waals surface area contributed by atoms with Crippen LogP contribution >= 0.6 is 12.4 Å². The van der Waals surface area contributed by atoms with Crippen molar-refractivity contribution >= 4 is 70.4 Å². The molecule has 33 heteroatoms. The highest BCUT2D eigenvalue weighted by Gasteiger charge is 2.24. The zero-order valence-corrected chi connectivity index (χ0v) is 67.3. The number of nitro benzene ring substituents is 4. The molecule has 610 valence electrons. The Bertz CT molecular complexity index is 3080. The number of nitrogens with two attached hydrogens (primary N) is 2. The summed E-state index contributed by atoms with van der Waals surface area (Å²) in [5.74, 6) is -1.70. The van der Waals surface area contributed by atoms with Crippen molar-refractivity contribution in [2.75, 3.05) is 156 Å². The molecule has 5 aromatic rings. The van der Waals surface area contributed by atoms with Crippen LogP contribution in [0.5, 0.6) is 0 Å². The Morgan fingerprint density at radius 1 is 0.374 bits per heavy atom. The molecule has 0 bridgehead atoms. The van der Waals surface area contributed by atoms with Crippen LogP contribution in [0.1, 0.15) is 164 Å². The van der Waals surface area contributed by atoms with E-state index < -0.39 is 25.7 Å². The van der Waals surface area contributed by atoms with E-state index in [9.17, 15) is 64.4 Å². The first-order valence-corrected chi connectivity index (χ1v) is 34.5. The monoisotopic (exact) mass is 1680 g/mol. The van der Waals surface area contributed by atoms with Crippen LogP contribution in [-0.4, -0.2) is 228 Å². The maximum absolute atomic E-state index is 12.0. The van der Waals surface area contributed by atoms with Crippen LogP contribution in [0, 0.1) is 40.5 Å². The Kier molecular flexibility index (Phi) is 69.0. The second kappa shape index (κ2) is 64.2. The molecule has 0 fully saturated rings. The third-order valence-electron chi connectivity index (χ3n) is 18.1. The van der Waals surface area contributed by atoms with E-state index in [1.54, 1.807) is 24.3 Å². The first kappa shape index (κ1) is 115. The van der Waals surface area contributed by atoms with Crippen LogP contribution in [0.25, 0.3) is 0 Å². The first-order valence-electron chi connectivity index (χ1n) is 34.5. The van der Waals surface area contributed by atoms with Crippen LogP contribution in [0.15, 0.2) is 121 Å². The van der Waals surface area contributed by atoms with E-state index in [1.165, 1.54) is 84.9 Å². The number of benzene rings is 5. The molecule has 0 aliphatic rings. The van der Waals surface area contributed by atoms with Crippen molar-refractivity contribution in [3.8, 4) is 0 Å². The Hall–Kier alpha value is -7.79. The summed E-state index contributed by atoms with van der Waals surface area (Å²) in [5.41, 5.74) is 13.5. The van der Waals surface area contributed by atoms with Gasteiger partial charge < -0.3 is 110 Å². The second-order valence-corrected chi connectivity index (χ2v) is 23.1. The summed E-state index contributed by atoms with van der Waals surface area (Å²) in [6.45, 7) is 49.5. The molecule has 0 saturated heterocycles. The average molecular weight is 1680 g/mol. The van der Waals surface area contributed by atoms with Gasteiger partial charge in [-0.3, -0.25) is 59.6 Å². The standard InChI is InChI=1S/2C15H23N3O3.C15H25N3O.C13H19N3O3.C7H5NO4.C6H16N2.3CH4.3ClH.HI/c2*1-4-18(5-2,6-3)12-11-16-15(19)13-7-9-14(10-8-13)17(20)21;1-4-18(5-2,6-3)12-11-17-15(19)13-7-9-14(16)10-8-13;1-3-15(4-2)10-9-14-13(17)11-5-7-12(8-6-11)16(18)19;9-7(10)5-1-3-6(4-2-5)8(11)12;1-3-8(4-2)6-5-7;;;;;;;/h2*7-10H,4-6,11-12H2,1-3H3;7-10H,4-6,11-12H2,1-3H3,(H2-,16,17,19);5-8H,3-4,9-10H2,1-2H3,(H,14,17);1-4H,(H,9,10);3-7H2,1-2H3;3*1H4;4*1H. The number of hydrogen-bond acceptors (Lipinski definition) is 17. The van der Waals surface area contributed by atoms with E-state index in [-0.39, 0.29) is 135 Å². The summed E-state index contributed by atoms with van der Waals surface area (Å²) in [4.78, 5) is 102. The molecule has 0 saturated carbocycles. The van der Waals surface area contributed by atoms with E-state index in [2.05, 4.69) is 121 Å². The first-order chi connectivity index (χ1) is 47.5. The van der Waals surface area contributed by atoms with Crippen molar-refractivity contribution < 1.29 is 111 Å². The third kappa shape index (κ3) is 44.3.